The minimum absolute atomic E-state index is 0.250. The van der Waals surface area contributed by atoms with E-state index >= 15 is 0 Å². The first-order valence-corrected chi connectivity index (χ1v) is 24.1. The third-order valence-electron chi connectivity index (χ3n) is 14.2. The Bertz CT molecular complexity index is 4010. The van der Waals surface area contributed by atoms with Crippen LogP contribution in [0.3, 0.4) is 0 Å². The van der Waals surface area contributed by atoms with Gasteiger partial charge in [0.15, 0.2) is 0 Å². The lowest BCUT2D eigenvalue weighted by Gasteiger charge is -2.20. The molecule has 12 rings (SSSR count). The Morgan fingerprint density at radius 1 is 0.347 bits per heavy atom. The van der Waals surface area contributed by atoms with Crippen LogP contribution >= 0.6 is 0 Å². The van der Waals surface area contributed by atoms with Crippen LogP contribution < -0.4 is 0 Å². The second-order valence-electron chi connectivity index (χ2n) is 19.2. The van der Waals surface area contributed by atoms with Crippen LogP contribution in [-0.2, 0) is 6.18 Å². The summed E-state index contributed by atoms with van der Waals surface area (Å²) in [4.78, 5) is 0. The van der Waals surface area contributed by atoms with Crippen molar-refractivity contribution in [1.82, 2.24) is 9.13 Å². The molecule has 2 aromatic heterocycles. The molecule has 10 aromatic carbocycles. The molecule has 0 aliphatic carbocycles. The summed E-state index contributed by atoms with van der Waals surface area (Å²) in [5.41, 5.74) is 18.5. The van der Waals surface area contributed by atoms with Gasteiger partial charge in [-0.3, -0.25) is 0 Å². The summed E-state index contributed by atoms with van der Waals surface area (Å²) < 4.78 is 47.8. The van der Waals surface area contributed by atoms with Crippen LogP contribution in [0.15, 0.2) is 206 Å². The van der Waals surface area contributed by atoms with Crippen LogP contribution in [-0.4, -0.2) is 9.13 Å². The number of aromatic nitrogens is 2. The average molecular weight is 938 g/mol. The molecule has 346 valence electrons. The molecule has 0 amide bonds. The zero-order valence-electron chi connectivity index (χ0n) is 40.1. The first-order valence-electron chi connectivity index (χ1n) is 24.1. The van der Waals surface area contributed by atoms with Crippen LogP contribution in [0.4, 0.5) is 13.2 Å². The predicted octanol–water partition coefficient (Wildman–Crippen LogP) is 18.3. The van der Waals surface area contributed by atoms with Crippen molar-refractivity contribution in [3.63, 3.8) is 0 Å². The van der Waals surface area contributed by atoms with Gasteiger partial charge in [0.25, 0.3) is 0 Å². The maximum Gasteiger partial charge on any atom is 0.416 e. The van der Waals surface area contributed by atoms with Gasteiger partial charge in [0, 0.05) is 27.1 Å². The quantitative estimate of drug-likeness (QED) is 0.157. The topological polar surface area (TPSA) is 33.6 Å². The van der Waals surface area contributed by atoms with Crippen molar-refractivity contribution >= 4 is 43.6 Å². The minimum Gasteiger partial charge on any atom is -0.307 e. The monoisotopic (exact) mass is 937 g/mol. The molecule has 0 saturated carbocycles. The zero-order chi connectivity index (χ0) is 49.4. The summed E-state index contributed by atoms with van der Waals surface area (Å²) in [5, 5.41) is 15.2. The molecule has 0 aliphatic heterocycles. The summed E-state index contributed by atoms with van der Waals surface area (Å²) in [6, 6.07) is 71.7. The van der Waals surface area contributed by atoms with Gasteiger partial charge < -0.3 is 9.13 Å². The first kappa shape index (κ1) is 44.3. The van der Waals surface area contributed by atoms with E-state index in [-0.39, 0.29) is 5.56 Å². The van der Waals surface area contributed by atoms with E-state index in [1.54, 1.807) is 6.07 Å². The van der Waals surface area contributed by atoms with Gasteiger partial charge in [-0.1, -0.05) is 156 Å². The van der Waals surface area contributed by atoms with E-state index in [9.17, 15) is 18.4 Å². The SMILES string of the molecule is Cc1cccc(-c2ccc3c(c2)c2cc(-c4cccc(C)c4)ccc2n3-c2cc(C#N)c(-c3cccc(C(F)(F)F)c3)cc2-n2c3ccc(-c4cccc(C)c4)cc3c3cc(-c4cccc(C)c4)ccc32)c1. The van der Waals surface area contributed by atoms with Crippen molar-refractivity contribution in [2.75, 3.05) is 0 Å². The number of hydrogen-bond donors (Lipinski definition) is 0. The summed E-state index contributed by atoms with van der Waals surface area (Å²) in [6.45, 7) is 8.39. The van der Waals surface area contributed by atoms with E-state index in [0.29, 0.717) is 22.5 Å². The van der Waals surface area contributed by atoms with Crippen LogP contribution in [0, 0.1) is 39.0 Å². The summed E-state index contributed by atoms with van der Waals surface area (Å²) in [5.74, 6) is 0. The summed E-state index contributed by atoms with van der Waals surface area (Å²) >= 11 is 0. The first-order chi connectivity index (χ1) is 34.9. The van der Waals surface area contributed by atoms with Crippen molar-refractivity contribution in [3.05, 3.63) is 240 Å². The highest BCUT2D eigenvalue weighted by Crippen LogP contribution is 2.45. The largest absolute Gasteiger partial charge is 0.416 e. The Morgan fingerprint density at radius 2 is 0.667 bits per heavy atom. The van der Waals surface area contributed by atoms with Gasteiger partial charge in [-0.05, 0) is 151 Å². The Balaban J connectivity index is 1.21. The number of hydrogen-bond acceptors (Lipinski definition) is 1. The van der Waals surface area contributed by atoms with E-state index in [1.165, 1.54) is 6.07 Å². The highest BCUT2D eigenvalue weighted by atomic mass is 19.4. The second kappa shape index (κ2) is 17.2. The molecule has 72 heavy (non-hydrogen) atoms. The van der Waals surface area contributed by atoms with Gasteiger partial charge >= 0.3 is 6.18 Å². The van der Waals surface area contributed by atoms with E-state index in [0.717, 1.165) is 123 Å². The van der Waals surface area contributed by atoms with Gasteiger partial charge in [0.1, 0.15) is 0 Å². The van der Waals surface area contributed by atoms with Gasteiger partial charge in [0.2, 0.25) is 0 Å². The molecule has 0 saturated heterocycles. The minimum atomic E-state index is -4.58. The number of rotatable bonds is 7. The van der Waals surface area contributed by atoms with E-state index < -0.39 is 11.7 Å². The Morgan fingerprint density at radius 3 is 1.00 bits per heavy atom. The van der Waals surface area contributed by atoms with Crippen molar-refractivity contribution in [1.29, 1.82) is 5.26 Å². The predicted molar refractivity (Wildman–Crippen MR) is 291 cm³/mol. The van der Waals surface area contributed by atoms with Crippen molar-refractivity contribution in [2.45, 2.75) is 33.9 Å². The summed E-state index contributed by atoms with van der Waals surface area (Å²) in [6.07, 6.45) is -4.58. The van der Waals surface area contributed by atoms with Crippen LogP contribution in [0.5, 0.6) is 0 Å². The maximum absolute atomic E-state index is 14.5. The maximum atomic E-state index is 14.5. The lowest BCUT2D eigenvalue weighted by atomic mass is 9.96. The third-order valence-corrected chi connectivity index (χ3v) is 14.2. The van der Waals surface area contributed by atoms with Crippen LogP contribution in [0.2, 0.25) is 0 Å². The molecule has 0 unspecified atom stereocenters. The van der Waals surface area contributed by atoms with Gasteiger partial charge in [-0.15, -0.1) is 0 Å². The molecule has 2 heterocycles. The summed E-state index contributed by atoms with van der Waals surface area (Å²) in [7, 11) is 0. The van der Waals surface area contributed by atoms with Crippen molar-refractivity contribution in [2.24, 2.45) is 0 Å². The fourth-order valence-corrected chi connectivity index (χ4v) is 10.7. The lowest BCUT2D eigenvalue weighted by molar-refractivity contribution is -0.137. The Hall–Kier alpha value is -8.92. The molecule has 0 bridgehead atoms. The molecule has 3 nitrogen and oxygen atoms in total. The second-order valence-corrected chi connectivity index (χ2v) is 19.2. The van der Waals surface area contributed by atoms with Crippen LogP contribution in [0.25, 0.3) is 111 Å². The number of alkyl halides is 3. The Labute approximate surface area is 415 Å². The number of nitriles is 1. The fraction of sp³-hybridized carbons (Fsp3) is 0.0758. The standard InChI is InChI=1S/C66H46F3N3/c1-40-10-5-14-44(28-40)48-20-24-60-56(33-48)57-34-49(45-15-6-11-41(2)29-45)21-25-61(57)71(60)64-37-53(39-70)55(52-18-9-19-54(32-52)66(67,68)69)38-65(64)72-62-26-22-50(46-16-7-12-42(3)30-46)35-58(62)59-36-51(23-27-63(59)72)47-17-8-13-43(4)31-47/h5-38H,1-4H3. The molecule has 0 N–H and O–H groups in total. The van der Waals surface area contributed by atoms with Gasteiger partial charge in [0.05, 0.1) is 50.6 Å². The number of fused-ring (bicyclic) bond motifs is 6. The molecule has 0 atom stereocenters. The third kappa shape index (κ3) is 7.71. The van der Waals surface area contributed by atoms with E-state index in [4.69, 9.17) is 0 Å². The zero-order valence-corrected chi connectivity index (χ0v) is 40.1. The average Bonchev–Trinajstić information content (AvgIpc) is 3.89. The molecule has 0 aliphatic rings. The lowest BCUT2D eigenvalue weighted by Crippen LogP contribution is -2.07. The Kier molecular flexibility index (Phi) is 10.6. The molecular weight excluding hydrogens is 892 g/mol. The van der Waals surface area contributed by atoms with E-state index in [1.807, 2.05) is 12.1 Å². The van der Waals surface area contributed by atoms with Gasteiger partial charge in [-0.25, -0.2) is 0 Å². The molecule has 6 heteroatoms. The van der Waals surface area contributed by atoms with Crippen molar-refractivity contribution in [3.8, 4) is 73.1 Å². The molecule has 0 radical (unpaired) electrons. The van der Waals surface area contributed by atoms with E-state index in [2.05, 4.69) is 213 Å². The smallest absolute Gasteiger partial charge is 0.307 e. The molecular formula is C66H46F3N3. The highest BCUT2D eigenvalue weighted by molar-refractivity contribution is 6.14. The van der Waals surface area contributed by atoms with Crippen LogP contribution in [0.1, 0.15) is 33.4 Å². The molecule has 12 aromatic rings. The number of benzene rings is 10. The van der Waals surface area contributed by atoms with Crippen molar-refractivity contribution < 1.29 is 13.2 Å². The highest BCUT2D eigenvalue weighted by Gasteiger charge is 2.31. The normalized spacial score (nSPS) is 11.8. The number of halogens is 3. The van der Waals surface area contributed by atoms with Gasteiger partial charge in [-0.2, -0.15) is 18.4 Å². The molecule has 0 spiro atoms. The number of nitrogens with zero attached hydrogens (tertiary/aromatic N) is 3. The molecule has 0 fully saturated rings. The fourth-order valence-electron chi connectivity index (χ4n) is 10.7. The number of aryl methyl sites for hydroxylation is 4.